The first kappa shape index (κ1) is 35.1. The Morgan fingerprint density at radius 1 is 0.549 bits per heavy atom. The molecule has 51 heavy (non-hydrogen) atoms. The predicted molar refractivity (Wildman–Crippen MR) is 155 cm³/mol. The fourth-order valence-electron chi connectivity index (χ4n) is 5.68. The molecule has 0 aliphatic heterocycles. The Kier molecular flexibility index (Phi) is 8.94. The van der Waals surface area contributed by atoms with Gasteiger partial charge in [-0.05, 0) is 41.0 Å². The van der Waals surface area contributed by atoms with E-state index in [-0.39, 0.29) is 74.4 Å². The third kappa shape index (κ3) is 5.79. The number of Topliss-reactive ketones (excluding diaryl/α,β-unsaturated/α-hetero) is 4. The molecule has 0 radical (unpaired) electrons. The predicted octanol–water partition coefficient (Wildman–Crippen LogP) is -2.92. The van der Waals surface area contributed by atoms with Crippen molar-refractivity contribution in [3.05, 3.63) is 91.6 Å². The smallest absolute Gasteiger partial charge is 0.356 e. The zero-order valence-electron chi connectivity index (χ0n) is 26.2. The molecule has 0 atom stereocenters. The molecule has 0 spiro atoms. The van der Waals surface area contributed by atoms with Gasteiger partial charge in [0.1, 0.15) is 17.1 Å². The van der Waals surface area contributed by atoms with Gasteiger partial charge in [0.25, 0.3) is 11.6 Å². The Balaban J connectivity index is 0.000000199. The van der Waals surface area contributed by atoms with Gasteiger partial charge in [-0.1, -0.05) is 0 Å². The number of allylic oxidation sites excluding steroid dienone is 6. The van der Waals surface area contributed by atoms with Crippen LogP contribution in [0, 0.1) is 0 Å². The van der Waals surface area contributed by atoms with E-state index in [1.54, 1.807) is 0 Å². The molecule has 4 aliphatic carbocycles. The maximum Gasteiger partial charge on any atom is 0.356 e. The zero-order valence-corrected chi connectivity index (χ0v) is 26.2. The normalized spacial score (nSPS) is 15.4. The van der Waals surface area contributed by atoms with Crippen LogP contribution >= 0.6 is 0 Å². The second-order valence-electron chi connectivity index (χ2n) is 10.7. The molecule has 2 aromatic heterocycles. The highest BCUT2D eigenvalue weighted by molar-refractivity contribution is 6.54. The fourth-order valence-corrected chi connectivity index (χ4v) is 5.68. The van der Waals surface area contributed by atoms with Gasteiger partial charge >= 0.3 is 17.9 Å². The quantitative estimate of drug-likeness (QED) is 0.166. The zero-order chi connectivity index (χ0) is 37.6. The molecule has 0 fully saturated rings. The van der Waals surface area contributed by atoms with Gasteiger partial charge in [-0.2, -0.15) is 0 Å². The minimum Gasteiger partial charge on any atom is -0.545 e. The summed E-state index contributed by atoms with van der Waals surface area (Å²) in [6, 6.07) is 1.76. The number of carbonyl (C=O) groups excluding carboxylic acids is 10. The second-order valence-corrected chi connectivity index (χ2v) is 10.7. The lowest BCUT2D eigenvalue weighted by Crippen LogP contribution is -2.32. The molecular formula is C33H17N2O16-3. The summed E-state index contributed by atoms with van der Waals surface area (Å²) in [5.74, 6) is -11.9. The number of carboxylic acids is 3. The summed E-state index contributed by atoms with van der Waals surface area (Å²) in [6.07, 6.45) is 1.80. The molecule has 18 nitrogen and oxygen atoms in total. The number of ketones is 4. The van der Waals surface area contributed by atoms with Crippen LogP contribution in [0.2, 0.25) is 0 Å². The Morgan fingerprint density at radius 3 is 1.47 bits per heavy atom. The molecular weight excluding hydrogens is 680 g/mol. The van der Waals surface area contributed by atoms with E-state index in [2.05, 4.69) is 19.4 Å². The van der Waals surface area contributed by atoms with E-state index in [9.17, 15) is 63.3 Å². The fraction of sp³-hybridized carbons (Fsp3) is 0.152. The van der Waals surface area contributed by atoms with Crippen LogP contribution in [0.3, 0.4) is 0 Å². The number of esters is 3. The highest BCUT2D eigenvalue weighted by atomic mass is 16.5. The monoisotopic (exact) mass is 697 g/mol. The molecule has 0 unspecified atom stereocenters. The van der Waals surface area contributed by atoms with E-state index in [4.69, 9.17) is 4.74 Å². The molecule has 0 aromatic carbocycles. The Morgan fingerprint density at radius 2 is 1.00 bits per heavy atom. The molecule has 6 rings (SSSR count). The lowest BCUT2D eigenvalue weighted by Gasteiger charge is -2.21. The maximum atomic E-state index is 12.5. The number of aromatic nitrogens is 2. The summed E-state index contributed by atoms with van der Waals surface area (Å²) >= 11 is 0. The number of fused-ring (bicyclic) bond motifs is 4. The number of aliphatic carboxylic acids is 1. The van der Waals surface area contributed by atoms with Crippen molar-refractivity contribution in [1.29, 1.82) is 0 Å². The second kappa shape index (κ2) is 13.0. The number of hydrogen-bond donors (Lipinski definition) is 0. The topological polar surface area (TPSA) is 293 Å². The number of ether oxygens (including phenoxy) is 3. The molecule has 0 saturated carbocycles. The van der Waals surface area contributed by atoms with Crippen LogP contribution in [0.5, 0.6) is 0 Å². The Labute approximate surface area is 283 Å². The first-order valence-corrected chi connectivity index (χ1v) is 14.1. The van der Waals surface area contributed by atoms with Crippen molar-refractivity contribution < 1.29 is 77.5 Å². The lowest BCUT2D eigenvalue weighted by molar-refractivity contribution is -0.299. The van der Waals surface area contributed by atoms with E-state index in [0.29, 0.717) is 6.07 Å². The van der Waals surface area contributed by atoms with E-state index >= 15 is 0 Å². The van der Waals surface area contributed by atoms with Crippen molar-refractivity contribution in [3.8, 4) is 0 Å². The number of carbonyl (C=O) groups is 10. The maximum absolute atomic E-state index is 12.5. The average Bonchev–Trinajstić information content (AvgIpc) is 3.77. The minimum atomic E-state index is -1.85. The third-order valence-corrected chi connectivity index (χ3v) is 7.93. The van der Waals surface area contributed by atoms with E-state index in [1.807, 2.05) is 0 Å². The van der Waals surface area contributed by atoms with E-state index in [0.717, 1.165) is 26.4 Å². The van der Waals surface area contributed by atoms with Crippen LogP contribution in [-0.4, -0.2) is 90.2 Å². The summed E-state index contributed by atoms with van der Waals surface area (Å²) in [5.41, 5.74) is -3.54. The van der Waals surface area contributed by atoms with Gasteiger partial charge in [-0.3, -0.25) is 19.2 Å². The first-order chi connectivity index (χ1) is 24.1. The standard InChI is InChI=1S/C18H13NO8.C15H7NO8/c1-25-16(22)7-4-8-9(5-7)14(20)15(21)13-12(8)10(17(23)26-2)6-11(19-13)18(24)27-3;17-11-6-2-4(13(19)20)1-5(6)9-7(14(21)22)3-8(15(23)24)16-10(9)12(11)18/h5-6H,4H2,1-3H3;2-3H,1H2,(H,19,20)(H,21,22)(H,23,24)/p-3. The molecule has 2 aromatic rings. The van der Waals surface area contributed by atoms with Crippen molar-refractivity contribution in [3.63, 3.8) is 0 Å². The van der Waals surface area contributed by atoms with Crippen molar-refractivity contribution in [2.75, 3.05) is 21.3 Å². The van der Waals surface area contributed by atoms with Crippen molar-refractivity contribution in [2.24, 2.45) is 0 Å². The highest BCUT2D eigenvalue weighted by Gasteiger charge is 2.41. The van der Waals surface area contributed by atoms with Crippen LogP contribution in [0.4, 0.5) is 0 Å². The first-order valence-electron chi connectivity index (χ1n) is 14.1. The van der Waals surface area contributed by atoms with Crippen LogP contribution in [0.25, 0.3) is 11.1 Å². The molecule has 18 heteroatoms. The highest BCUT2D eigenvalue weighted by Crippen LogP contribution is 2.42. The molecule has 0 amide bonds. The summed E-state index contributed by atoms with van der Waals surface area (Å²) in [4.78, 5) is 126. The minimum absolute atomic E-state index is 0.00864. The summed E-state index contributed by atoms with van der Waals surface area (Å²) < 4.78 is 14.0. The van der Waals surface area contributed by atoms with E-state index < -0.39 is 75.9 Å². The average molecular weight is 697 g/mol. The number of rotatable bonds is 6. The Bertz CT molecular complexity index is 2270. The summed E-state index contributed by atoms with van der Waals surface area (Å²) in [7, 11) is 3.43. The van der Waals surface area contributed by atoms with Crippen molar-refractivity contribution in [2.45, 2.75) is 12.8 Å². The number of aromatic carboxylic acids is 2. The molecule has 0 N–H and O–H groups in total. The number of hydrogen-bond acceptors (Lipinski definition) is 18. The summed E-state index contributed by atoms with van der Waals surface area (Å²) in [5, 5.41) is 33.2. The lowest BCUT2D eigenvalue weighted by atomic mass is 9.85. The SMILES string of the molecule is COC(=O)C1=CC2=C(C1)c1c(C(=O)OC)cc(C(=O)OC)nc1C(=O)C2=O.O=C([O-])C1=CC2=C(C1)c1c(C(=O)[O-])cc(C(=O)[O-])nc1C(=O)C2=O. The number of nitrogens with zero attached hydrogens (tertiary/aromatic N) is 2. The molecule has 258 valence electrons. The number of methoxy groups -OCH3 is 3. The van der Waals surface area contributed by atoms with Crippen LogP contribution in [-0.2, 0) is 33.4 Å². The van der Waals surface area contributed by atoms with Crippen molar-refractivity contribution >= 4 is 70.1 Å². The van der Waals surface area contributed by atoms with Gasteiger partial charge in [-0.25, -0.2) is 24.4 Å². The van der Waals surface area contributed by atoms with Gasteiger partial charge in [-0.15, -0.1) is 0 Å². The van der Waals surface area contributed by atoms with Gasteiger partial charge < -0.3 is 43.9 Å². The van der Waals surface area contributed by atoms with Crippen LogP contribution in [0.1, 0.15) is 86.6 Å². The van der Waals surface area contributed by atoms with Gasteiger partial charge in [0.15, 0.2) is 0 Å². The third-order valence-electron chi connectivity index (χ3n) is 7.93. The molecule has 4 aliphatic rings. The Hall–Kier alpha value is -7.24. The van der Waals surface area contributed by atoms with Gasteiger partial charge in [0, 0.05) is 46.3 Å². The van der Waals surface area contributed by atoms with Gasteiger partial charge in [0.05, 0.1) is 50.5 Å². The number of carboxylic acid groups (broad SMARTS) is 3. The molecule has 0 saturated heterocycles. The van der Waals surface area contributed by atoms with E-state index in [1.165, 1.54) is 13.2 Å². The van der Waals surface area contributed by atoms with Gasteiger partial charge in [0.2, 0.25) is 11.6 Å². The molecule has 0 bridgehead atoms. The largest absolute Gasteiger partial charge is 0.545 e. The van der Waals surface area contributed by atoms with Crippen molar-refractivity contribution in [1.82, 2.24) is 9.97 Å². The van der Waals surface area contributed by atoms with Crippen LogP contribution in [0.15, 0.2) is 46.6 Å². The molecule has 2 heterocycles. The van der Waals surface area contributed by atoms with Crippen LogP contribution < -0.4 is 15.3 Å². The number of pyridine rings is 2. The summed E-state index contributed by atoms with van der Waals surface area (Å²) in [6.45, 7) is 0.